The Morgan fingerprint density at radius 1 is 1.37 bits per heavy atom. The smallest absolute Gasteiger partial charge is 0.345 e. The highest BCUT2D eigenvalue weighted by Crippen LogP contribution is 2.23. The number of benzene rings is 1. The van der Waals surface area contributed by atoms with Crippen LogP contribution in [-0.2, 0) is 6.54 Å². The summed E-state index contributed by atoms with van der Waals surface area (Å²) in [6.07, 6.45) is 0. The van der Waals surface area contributed by atoms with Crippen LogP contribution in [0.2, 0.25) is 5.02 Å². The molecule has 1 heterocycles. The van der Waals surface area contributed by atoms with Crippen LogP contribution in [0.1, 0.15) is 33.1 Å². The topological polar surface area (TPSA) is 49.3 Å². The van der Waals surface area contributed by atoms with Crippen LogP contribution >= 0.6 is 22.9 Å². The van der Waals surface area contributed by atoms with Crippen molar-refractivity contribution in [1.29, 1.82) is 0 Å². The first-order valence-electron chi connectivity index (χ1n) is 5.87. The molecule has 0 aliphatic carbocycles. The van der Waals surface area contributed by atoms with Crippen molar-refractivity contribution >= 4 is 28.9 Å². The van der Waals surface area contributed by atoms with Crippen LogP contribution in [0.4, 0.5) is 0 Å². The van der Waals surface area contributed by atoms with Gasteiger partial charge in [-0.2, -0.15) is 0 Å². The number of nitrogens with one attached hydrogen (secondary N) is 1. The second-order valence-electron chi connectivity index (χ2n) is 4.20. The lowest BCUT2D eigenvalue weighted by atomic mass is 10.1. The minimum absolute atomic E-state index is 0.115. The molecular formula is C14H14ClNO2S. The summed E-state index contributed by atoms with van der Waals surface area (Å²) in [4.78, 5) is 12.2. The molecule has 5 heteroatoms. The molecule has 2 aromatic rings. The van der Waals surface area contributed by atoms with E-state index in [2.05, 4.69) is 5.32 Å². The highest BCUT2D eigenvalue weighted by molar-refractivity contribution is 7.13. The molecule has 1 atom stereocenters. The Bertz CT molecular complexity index is 582. The Kier molecular flexibility index (Phi) is 4.58. The summed E-state index contributed by atoms with van der Waals surface area (Å²) in [5.74, 6) is -0.879. The summed E-state index contributed by atoms with van der Waals surface area (Å²) < 4.78 is 0. The number of hydrogen-bond acceptors (Lipinski definition) is 3. The van der Waals surface area contributed by atoms with E-state index in [1.807, 2.05) is 37.3 Å². The Hall–Kier alpha value is -1.36. The van der Waals surface area contributed by atoms with Gasteiger partial charge in [-0.1, -0.05) is 29.8 Å². The molecule has 0 saturated heterocycles. The first-order chi connectivity index (χ1) is 9.08. The van der Waals surface area contributed by atoms with Crippen molar-refractivity contribution in [2.75, 3.05) is 0 Å². The van der Waals surface area contributed by atoms with Crippen molar-refractivity contribution in [3.8, 4) is 0 Å². The third-order valence-electron chi connectivity index (χ3n) is 2.83. The van der Waals surface area contributed by atoms with Crippen molar-refractivity contribution in [2.24, 2.45) is 0 Å². The molecule has 19 heavy (non-hydrogen) atoms. The standard InChI is InChI=1S/C14H14ClNO2S/c1-9(11-4-2-3-5-12(11)15)16-8-10-6-7-13(19-10)14(17)18/h2-7,9,16H,8H2,1H3,(H,17,18). The molecule has 1 aromatic heterocycles. The van der Waals surface area contributed by atoms with Gasteiger partial charge in [0.25, 0.3) is 0 Å². The van der Waals surface area contributed by atoms with Gasteiger partial charge in [0.05, 0.1) is 0 Å². The number of hydrogen-bond donors (Lipinski definition) is 2. The maximum absolute atomic E-state index is 10.8. The second-order valence-corrected chi connectivity index (χ2v) is 5.77. The van der Waals surface area contributed by atoms with Crippen molar-refractivity contribution < 1.29 is 9.90 Å². The molecule has 0 aliphatic heterocycles. The first-order valence-corrected chi connectivity index (χ1v) is 7.07. The predicted molar refractivity (Wildman–Crippen MR) is 78.0 cm³/mol. The average Bonchev–Trinajstić information content (AvgIpc) is 2.85. The number of rotatable bonds is 5. The minimum Gasteiger partial charge on any atom is -0.477 e. The molecule has 0 aliphatic rings. The third kappa shape index (κ3) is 3.56. The molecule has 2 rings (SSSR count). The van der Waals surface area contributed by atoms with Crippen LogP contribution in [0.25, 0.3) is 0 Å². The fourth-order valence-corrected chi connectivity index (χ4v) is 2.87. The van der Waals surface area contributed by atoms with Crippen LogP contribution in [0.15, 0.2) is 36.4 Å². The molecule has 100 valence electrons. The van der Waals surface area contributed by atoms with E-state index in [4.69, 9.17) is 16.7 Å². The van der Waals surface area contributed by atoms with Crippen molar-refractivity contribution in [1.82, 2.24) is 5.32 Å². The summed E-state index contributed by atoms with van der Waals surface area (Å²) in [6.45, 7) is 2.66. The number of carbonyl (C=O) groups is 1. The maximum Gasteiger partial charge on any atom is 0.345 e. The lowest BCUT2D eigenvalue weighted by Crippen LogP contribution is -2.17. The van der Waals surface area contributed by atoms with Crippen LogP contribution in [0.3, 0.4) is 0 Å². The van der Waals surface area contributed by atoms with E-state index in [-0.39, 0.29) is 6.04 Å². The van der Waals surface area contributed by atoms with E-state index in [9.17, 15) is 4.79 Å². The number of thiophene rings is 1. The van der Waals surface area contributed by atoms with Crippen LogP contribution < -0.4 is 5.32 Å². The molecule has 0 amide bonds. The fourth-order valence-electron chi connectivity index (χ4n) is 1.78. The summed E-state index contributed by atoms with van der Waals surface area (Å²) in [6, 6.07) is 11.3. The number of halogens is 1. The van der Waals surface area contributed by atoms with Crippen LogP contribution in [0, 0.1) is 0 Å². The average molecular weight is 296 g/mol. The Labute approximate surface area is 120 Å². The predicted octanol–water partition coefficient (Wildman–Crippen LogP) is 3.95. The van der Waals surface area contributed by atoms with E-state index >= 15 is 0 Å². The van der Waals surface area contributed by atoms with E-state index in [1.165, 1.54) is 11.3 Å². The van der Waals surface area contributed by atoms with E-state index in [1.54, 1.807) is 6.07 Å². The van der Waals surface area contributed by atoms with Gasteiger partial charge in [0.15, 0.2) is 0 Å². The molecule has 3 nitrogen and oxygen atoms in total. The first kappa shape index (κ1) is 14.1. The third-order valence-corrected chi connectivity index (χ3v) is 4.24. The van der Waals surface area contributed by atoms with Gasteiger partial charge < -0.3 is 10.4 Å². The second kappa shape index (κ2) is 6.19. The molecule has 1 aromatic carbocycles. The Balaban J connectivity index is 1.98. The van der Waals surface area contributed by atoms with Gasteiger partial charge in [-0.25, -0.2) is 4.79 Å². The summed E-state index contributed by atoms with van der Waals surface area (Å²) in [7, 11) is 0. The molecule has 1 unspecified atom stereocenters. The van der Waals surface area contributed by atoms with Crippen molar-refractivity contribution in [2.45, 2.75) is 19.5 Å². The highest BCUT2D eigenvalue weighted by atomic mass is 35.5. The highest BCUT2D eigenvalue weighted by Gasteiger charge is 2.10. The number of carboxylic acids is 1. The monoisotopic (exact) mass is 295 g/mol. The number of aromatic carboxylic acids is 1. The molecular weight excluding hydrogens is 282 g/mol. The zero-order valence-corrected chi connectivity index (χ0v) is 12.0. The molecule has 0 fully saturated rings. The quantitative estimate of drug-likeness (QED) is 0.878. The van der Waals surface area contributed by atoms with Gasteiger partial charge in [0.1, 0.15) is 4.88 Å². The Morgan fingerprint density at radius 2 is 2.11 bits per heavy atom. The summed E-state index contributed by atoms with van der Waals surface area (Å²) in [5.41, 5.74) is 1.04. The molecule has 0 radical (unpaired) electrons. The lowest BCUT2D eigenvalue weighted by molar-refractivity contribution is 0.0702. The van der Waals surface area contributed by atoms with Gasteiger partial charge in [-0.15, -0.1) is 11.3 Å². The maximum atomic E-state index is 10.8. The zero-order valence-electron chi connectivity index (χ0n) is 10.4. The zero-order chi connectivity index (χ0) is 13.8. The van der Waals surface area contributed by atoms with Gasteiger partial charge in [-0.05, 0) is 30.7 Å². The van der Waals surface area contributed by atoms with Crippen molar-refractivity contribution in [3.63, 3.8) is 0 Å². The lowest BCUT2D eigenvalue weighted by Gasteiger charge is -2.14. The SMILES string of the molecule is CC(NCc1ccc(C(=O)O)s1)c1ccccc1Cl. The van der Waals surface area contributed by atoms with Crippen LogP contribution in [0.5, 0.6) is 0 Å². The summed E-state index contributed by atoms with van der Waals surface area (Å²) in [5, 5.41) is 12.9. The molecule has 0 saturated carbocycles. The van der Waals surface area contributed by atoms with E-state index in [0.717, 1.165) is 15.5 Å². The van der Waals surface area contributed by atoms with Gasteiger partial charge >= 0.3 is 5.97 Å². The molecule has 2 N–H and O–H groups in total. The van der Waals surface area contributed by atoms with Gasteiger partial charge in [-0.3, -0.25) is 0 Å². The molecule has 0 spiro atoms. The van der Waals surface area contributed by atoms with Crippen LogP contribution in [-0.4, -0.2) is 11.1 Å². The minimum atomic E-state index is -0.879. The van der Waals surface area contributed by atoms with E-state index in [0.29, 0.717) is 11.4 Å². The summed E-state index contributed by atoms with van der Waals surface area (Å²) >= 11 is 7.42. The largest absolute Gasteiger partial charge is 0.477 e. The fraction of sp³-hybridized carbons (Fsp3) is 0.214. The van der Waals surface area contributed by atoms with Gasteiger partial charge in [0, 0.05) is 22.5 Å². The Morgan fingerprint density at radius 3 is 2.74 bits per heavy atom. The van der Waals surface area contributed by atoms with E-state index < -0.39 is 5.97 Å². The van der Waals surface area contributed by atoms with Gasteiger partial charge in [0.2, 0.25) is 0 Å². The number of carboxylic acid groups (broad SMARTS) is 1. The normalized spacial score (nSPS) is 12.3. The molecule has 0 bridgehead atoms. The van der Waals surface area contributed by atoms with Crippen molar-refractivity contribution in [3.05, 3.63) is 56.7 Å².